The van der Waals surface area contributed by atoms with Crippen LogP contribution in [0.2, 0.25) is 0 Å². The van der Waals surface area contributed by atoms with E-state index in [4.69, 9.17) is 4.74 Å². The second kappa shape index (κ2) is 10.6. The summed E-state index contributed by atoms with van der Waals surface area (Å²) in [5.41, 5.74) is 0.846. The molecule has 2 rings (SSSR count). The number of sulfonamides is 1. The lowest BCUT2D eigenvalue weighted by molar-refractivity contribution is -0.147. The van der Waals surface area contributed by atoms with E-state index < -0.39 is 33.7 Å². The maximum atomic E-state index is 12.3. The molecule has 0 aromatic heterocycles. The number of hydrogen-bond donors (Lipinski definition) is 2. The highest BCUT2D eigenvalue weighted by molar-refractivity contribution is 7.90. The van der Waals surface area contributed by atoms with E-state index in [1.807, 2.05) is 30.3 Å². The first-order chi connectivity index (χ1) is 13.3. The number of benzene rings is 1. The van der Waals surface area contributed by atoms with Gasteiger partial charge in [0.05, 0.1) is 6.61 Å². The molecule has 0 bridgehead atoms. The van der Waals surface area contributed by atoms with Crippen LogP contribution in [0.25, 0.3) is 0 Å². The van der Waals surface area contributed by atoms with Gasteiger partial charge in [-0.3, -0.25) is 4.79 Å². The van der Waals surface area contributed by atoms with Crippen LogP contribution < -0.4 is 10.0 Å². The van der Waals surface area contributed by atoms with Crippen LogP contribution in [0.3, 0.4) is 0 Å². The summed E-state index contributed by atoms with van der Waals surface area (Å²) in [6, 6.07) is 8.13. The lowest BCUT2D eigenvalue weighted by Gasteiger charge is -2.26. The third kappa shape index (κ3) is 7.59. The molecule has 1 atom stereocenters. The molecule has 1 aliphatic carbocycles. The number of amides is 1. The van der Waals surface area contributed by atoms with Gasteiger partial charge in [-0.25, -0.2) is 17.9 Å². The monoisotopic (exact) mass is 410 g/mol. The molecule has 156 valence electrons. The minimum absolute atomic E-state index is 0.126. The molecule has 7 nitrogen and oxygen atoms in total. The molecular formula is C20H30N2O5S. The summed E-state index contributed by atoms with van der Waals surface area (Å²) in [7, 11) is -3.77. The molecular weight excluding hydrogens is 380 g/mol. The lowest BCUT2D eigenvalue weighted by Crippen LogP contribution is -2.48. The molecule has 28 heavy (non-hydrogen) atoms. The van der Waals surface area contributed by atoms with Crippen molar-refractivity contribution < 1.29 is 22.7 Å². The van der Waals surface area contributed by atoms with E-state index in [0.29, 0.717) is 5.92 Å². The van der Waals surface area contributed by atoms with Gasteiger partial charge in [0, 0.05) is 12.5 Å². The zero-order valence-electron chi connectivity index (χ0n) is 16.5. The zero-order chi connectivity index (χ0) is 20.6. The van der Waals surface area contributed by atoms with E-state index >= 15 is 0 Å². The third-order valence-corrected chi connectivity index (χ3v) is 6.21. The first-order valence-electron chi connectivity index (χ1n) is 9.79. The van der Waals surface area contributed by atoms with Crippen molar-refractivity contribution in [2.75, 3.05) is 12.4 Å². The van der Waals surface area contributed by atoms with Gasteiger partial charge in [-0.2, -0.15) is 0 Å². The Bertz CT molecular complexity index is 743. The summed E-state index contributed by atoms with van der Waals surface area (Å²) in [6.07, 6.45) is 3.74. The van der Waals surface area contributed by atoms with Gasteiger partial charge < -0.3 is 10.1 Å². The van der Waals surface area contributed by atoms with Crippen molar-refractivity contribution in [3.8, 4) is 0 Å². The highest BCUT2D eigenvalue weighted by Gasteiger charge is 2.28. The smallest absolute Gasteiger partial charge is 0.328 e. The Morgan fingerprint density at radius 1 is 1.14 bits per heavy atom. The number of rotatable bonds is 9. The predicted octanol–water partition coefficient (Wildman–Crippen LogP) is 1.78. The number of hydrogen-bond acceptors (Lipinski definition) is 5. The molecule has 1 amide bonds. The largest absolute Gasteiger partial charge is 0.464 e. The minimum atomic E-state index is -3.77. The molecule has 0 radical (unpaired) electrons. The topological polar surface area (TPSA) is 102 Å². The van der Waals surface area contributed by atoms with Gasteiger partial charge in [0.25, 0.3) is 0 Å². The minimum Gasteiger partial charge on any atom is -0.464 e. The van der Waals surface area contributed by atoms with Crippen LogP contribution in [0.15, 0.2) is 30.3 Å². The quantitative estimate of drug-likeness (QED) is 0.604. The highest BCUT2D eigenvalue weighted by atomic mass is 32.2. The third-order valence-electron chi connectivity index (χ3n) is 4.87. The van der Waals surface area contributed by atoms with Crippen molar-refractivity contribution in [3.05, 3.63) is 35.9 Å². The first-order valence-corrected chi connectivity index (χ1v) is 11.4. The highest BCUT2D eigenvalue weighted by Crippen LogP contribution is 2.23. The number of ether oxygens (including phenoxy) is 1. The van der Waals surface area contributed by atoms with Gasteiger partial charge in [-0.05, 0) is 44.1 Å². The molecule has 1 aromatic rings. The molecule has 8 heteroatoms. The van der Waals surface area contributed by atoms with Crippen LogP contribution in [0, 0.1) is 5.92 Å². The molecule has 1 fully saturated rings. The molecule has 0 heterocycles. The van der Waals surface area contributed by atoms with Gasteiger partial charge >= 0.3 is 5.97 Å². The van der Waals surface area contributed by atoms with E-state index in [-0.39, 0.29) is 19.1 Å². The van der Waals surface area contributed by atoms with Crippen molar-refractivity contribution in [2.24, 2.45) is 5.92 Å². The van der Waals surface area contributed by atoms with Crippen molar-refractivity contribution >= 4 is 21.9 Å². The summed E-state index contributed by atoms with van der Waals surface area (Å²) >= 11 is 0. The Morgan fingerprint density at radius 3 is 2.39 bits per heavy atom. The maximum Gasteiger partial charge on any atom is 0.328 e. The molecule has 0 spiro atoms. The predicted molar refractivity (Wildman–Crippen MR) is 107 cm³/mol. The van der Waals surface area contributed by atoms with Crippen LogP contribution in [-0.4, -0.2) is 44.7 Å². The Labute approximate surface area is 167 Å². The van der Waals surface area contributed by atoms with Crippen molar-refractivity contribution in [3.63, 3.8) is 0 Å². The number of nitrogens with one attached hydrogen (secondary N) is 2. The number of esters is 1. The van der Waals surface area contributed by atoms with Gasteiger partial charge in [0.1, 0.15) is 11.8 Å². The Morgan fingerprint density at radius 2 is 1.79 bits per heavy atom. The number of carbonyl (C=O) groups is 2. The first kappa shape index (κ1) is 22.4. The molecule has 2 N–H and O–H groups in total. The molecule has 1 aromatic carbocycles. The van der Waals surface area contributed by atoms with Crippen LogP contribution in [0.4, 0.5) is 0 Å². The van der Waals surface area contributed by atoms with E-state index in [1.165, 1.54) is 0 Å². The van der Waals surface area contributed by atoms with Crippen molar-refractivity contribution in [1.82, 2.24) is 10.0 Å². The van der Waals surface area contributed by atoms with Crippen LogP contribution in [0.1, 0.15) is 45.1 Å². The second-order valence-electron chi connectivity index (χ2n) is 7.40. The normalized spacial score (nSPS) is 20.9. The standard InChI is InChI=1S/C20H30N2O5S/c1-3-27-20(24)18(13-16-7-5-4-6-8-16)21-19(23)14-28(25,26)22-17-11-9-15(2)10-12-17/h4-8,15,17-18,22H,3,9-14H2,1-2H3,(H,21,23). The van der Waals surface area contributed by atoms with Crippen LogP contribution in [0.5, 0.6) is 0 Å². The molecule has 1 aliphatic rings. The van der Waals surface area contributed by atoms with Gasteiger partial charge in [0.15, 0.2) is 0 Å². The summed E-state index contributed by atoms with van der Waals surface area (Å²) in [6.45, 7) is 4.01. The van der Waals surface area contributed by atoms with Crippen LogP contribution >= 0.6 is 0 Å². The average Bonchev–Trinajstić information content (AvgIpc) is 2.63. The Kier molecular flexibility index (Phi) is 8.44. The van der Waals surface area contributed by atoms with Crippen LogP contribution in [-0.2, 0) is 30.8 Å². The summed E-state index contributed by atoms with van der Waals surface area (Å²) < 4.78 is 32.3. The fraction of sp³-hybridized carbons (Fsp3) is 0.600. The van der Waals surface area contributed by atoms with E-state index in [0.717, 1.165) is 31.2 Å². The second-order valence-corrected chi connectivity index (χ2v) is 9.15. The molecule has 1 unspecified atom stereocenters. The van der Waals surface area contributed by atoms with E-state index in [1.54, 1.807) is 6.92 Å². The Hall–Kier alpha value is -1.93. The fourth-order valence-corrected chi connectivity index (χ4v) is 4.62. The van der Waals surface area contributed by atoms with E-state index in [2.05, 4.69) is 17.0 Å². The number of carbonyl (C=O) groups excluding carboxylic acids is 2. The molecule has 0 aliphatic heterocycles. The average molecular weight is 411 g/mol. The van der Waals surface area contributed by atoms with Crippen molar-refractivity contribution in [1.29, 1.82) is 0 Å². The summed E-state index contributed by atoms with van der Waals surface area (Å²) in [5.74, 6) is -1.40. The zero-order valence-corrected chi connectivity index (χ0v) is 17.3. The molecule has 0 saturated heterocycles. The summed E-state index contributed by atoms with van der Waals surface area (Å²) in [4.78, 5) is 24.5. The lowest BCUT2D eigenvalue weighted by atomic mass is 9.88. The van der Waals surface area contributed by atoms with Crippen molar-refractivity contribution in [2.45, 2.75) is 58.0 Å². The fourth-order valence-electron chi connectivity index (χ4n) is 3.37. The molecule has 1 saturated carbocycles. The van der Waals surface area contributed by atoms with E-state index in [9.17, 15) is 18.0 Å². The SMILES string of the molecule is CCOC(=O)C(Cc1ccccc1)NC(=O)CS(=O)(=O)NC1CCC(C)CC1. The summed E-state index contributed by atoms with van der Waals surface area (Å²) in [5, 5.41) is 2.52. The van der Waals surface area contributed by atoms with Gasteiger partial charge in [0.2, 0.25) is 15.9 Å². The van der Waals surface area contributed by atoms with Gasteiger partial charge in [-0.15, -0.1) is 0 Å². The maximum absolute atomic E-state index is 12.3. The van der Waals surface area contributed by atoms with Gasteiger partial charge in [-0.1, -0.05) is 37.3 Å². The Balaban J connectivity index is 1.94.